The number of hydrogen-bond acceptors (Lipinski definition) is 2. The van der Waals surface area contributed by atoms with Crippen LogP contribution in [-0.4, -0.2) is 5.91 Å². The van der Waals surface area contributed by atoms with E-state index in [0.717, 1.165) is 12.1 Å². The predicted octanol–water partition coefficient (Wildman–Crippen LogP) is 3.24. The fourth-order valence-electron chi connectivity index (χ4n) is 1.60. The number of rotatable bonds is 3. The molecule has 1 amide bonds. The molecule has 104 valence electrons. The Bertz CT molecular complexity index is 662. The lowest BCUT2D eigenvalue weighted by molar-refractivity contribution is 0.0951. The minimum Gasteiger partial charge on any atom is -0.398 e. The molecule has 0 aliphatic carbocycles. The number of amides is 1. The molecule has 2 aromatic carbocycles. The highest BCUT2D eigenvalue weighted by atomic mass is 79.9. The van der Waals surface area contributed by atoms with Gasteiger partial charge in [-0.3, -0.25) is 4.79 Å². The molecule has 0 aromatic heterocycles. The standard InChI is InChI=1S/C14H11BrF2N2O/c15-10-6-9(2-4-13(10)18)14(20)19-7-8-1-3-11(16)12(17)5-8/h1-6H,7,18H2,(H,19,20). The van der Waals surface area contributed by atoms with Crippen LogP contribution >= 0.6 is 15.9 Å². The second-order valence-corrected chi connectivity index (χ2v) is 5.02. The van der Waals surface area contributed by atoms with E-state index in [0.29, 0.717) is 21.3 Å². The molecule has 3 nitrogen and oxygen atoms in total. The van der Waals surface area contributed by atoms with Crippen LogP contribution in [0.3, 0.4) is 0 Å². The number of nitrogens with two attached hydrogens (primary N) is 1. The van der Waals surface area contributed by atoms with Gasteiger partial charge in [0, 0.05) is 22.3 Å². The van der Waals surface area contributed by atoms with E-state index in [1.54, 1.807) is 18.2 Å². The first-order valence-corrected chi connectivity index (χ1v) is 6.54. The minimum absolute atomic E-state index is 0.109. The van der Waals surface area contributed by atoms with E-state index in [2.05, 4.69) is 21.2 Å². The number of carbonyl (C=O) groups excluding carboxylic acids is 1. The second-order valence-electron chi connectivity index (χ2n) is 4.17. The van der Waals surface area contributed by atoms with Crippen molar-refractivity contribution in [3.05, 3.63) is 63.6 Å². The van der Waals surface area contributed by atoms with E-state index in [-0.39, 0.29) is 12.5 Å². The third-order valence-corrected chi connectivity index (χ3v) is 3.39. The normalized spacial score (nSPS) is 10.3. The van der Waals surface area contributed by atoms with Crippen molar-refractivity contribution >= 4 is 27.5 Å². The zero-order valence-corrected chi connectivity index (χ0v) is 11.9. The summed E-state index contributed by atoms with van der Waals surface area (Å²) >= 11 is 3.23. The number of halogens is 3. The average molecular weight is 341 g/mol. The summed E-state index contributed by atoms with van der Waals surface area (Å²) in [4.78, 5) is 11.9. The maximum absolute atomic E-state index is 13.0. The monoisotopic (exact) mass is 340 g/mol. The van der Waals surface area contributed by atoms with Crippen molar-refractivity contribution in [1.82, 2.24) is 5.32 Å². The molecule has 0 aliphatic rings. The molecule has 0 saturated heterocycles. The molecule has 2 rings (SSSR count). The summed E-state index contributed by atoms with van der Waals surface area (Å²) in [6, 6.07) is 8.27. The molecule has 2 aromatic rings. The first-order valence-electron chi connectivity index (χ1n) is 5.74. The van der Waals surface area contributed by atoms with Crippen LogP contribution < -0.4 is 11.1 Å². The Morgan fingerprint density at radius 1 is 1.15 bits per heavy atom. The largest absolute Gasteiger partial charge is 0.398 e. The fourth-order valence-corrected chi connectivity index (χ4v) is 1.98. The Labute approximate surface area is 122 Å². The van der Waals surface area contributed by atoms with Crippen LogP contribution in [0.4, 0.5) is 14.5 Å². The maximum atomic E-state index is 13.0. The summed E-state index contributed by atoms with van der Waals surface area (Å²) in [7, 11) is 0. The van der Waals surface area contributed by atoms with E-state index in [4.69, 9.17) is 5.73 Å². The molecule has 0 radical (unpaired) electrons. The van der Waals surface area contributed by atoms with Crippen molar-refractivity contribution in [2.24, 2.45) is 0 Å². The summed E-state index contributed by atoms with van der Waals surface area (Å²) < 4.78 is 26.4. The Kier molecular flexibility index (Phi) is 4.34. The molecule has 20 heavy (non-hydrogen) atoms. The van der Waals surface area contributed by atoms with Crippen molar-refractivity contribution in [2.75, 3.05) is 5.73 Å². The molecule has 3 N–H and O–H groups in total. The Morgan fingerprint density at radius 3 is 2.55 bits per heavy atom. The number of hydrogen-bond donors (Lipinski definition) is 2. The Balaban J connectivity index is 2.04. The molecule has 0 bridgehead atoms. The molecule has 6 heteroatoms. The summed E-state index contributed by atoms with van der Waals surface area (Å²) in [6.07, 6.45) is 0. The molecule has 0 aliphatic heterocycles. The number of benzene rings is 2. The molecule has 0 unspecified atom stereocenters. The van der Waals surface area contributed by atoms with E-state index < -0.39 is 11.6 Å². The summed E-state index contributed by atoms with van der Waals surface area (Å²) in [6.45, 7) is 0.109. The molecule has 0 atom stereocenters. The molecule has 0 spiro atoms. The number of nitrogens with one attached hydrogen (secondary N) is 1. The van der Waals surface area contributed by atoms with Crippen LogP contribution in [0, 0.1) is 11.6 Å². The number of carbonyl (C=O) groups is 1. The van der Waals surface area contributed by atoms with Gasteiger partial charge in [0.15, 0.2) is 11.6 Å². The zero-order chi connectivity index (χ0) is 14.7. The van der Waals surface area contributed by atoms with Gasteiger partial charge in [-0.15, -0.1) is 0 Å². The lowest BCUT2D eigenvalue weighted by Crippen LogP contribution is -2.22. The highest BCUT2D eigenvalue weighted by Crippen LogP contribution is 2.20. The van der Waals surface area contributed by atoms with Gasteiger partial charge in [-0.2, -0.15) is 0 Å². The molecule has 0 fully saturated rings. The summed E-state index contributed by atoms with van der Waals surface area (Å²) in [5.74, 6) is -2.18. The maximum Gasteiger partial charge on any atom is 0.251 e. The third kappa shape index (κ3) is 3.33. The highest BCUT2D eigenvalue weighted by molar-refractivity contribution is 9.10. The van der Waals surface area contributed by atoms with Crippen LogP contribution in [0.5, 0.6) is 0 Å². The fraction of sp³-hybridized carbons (Fsp3) is 0.0714. The van der Waals surface area contributed by atoms with Crippen molar-refractivity contribution in [1.29, 1.82) is 0 Å². The van der Waals surface area contributed by atoms with E-state index in [9.17, 15) is 13.6 Å². The molecular formula is C14H11BrF2N2O. The summed E-state index contributed by atoms with van der Waals surface area (Å²) in [5.41, 5.74) is 7.06. The van der Waals surface area contributed by atoms with Gasteiger partial charge < -0.3 is 11.1 Å². The van der Waals surface area contributed by atoms with Crippen molar-refractivity contribution < 1.29 is 13.6 Å². The van der Waals surface area contributed by atoms with E-state index >= 15 is 0 Å². The summed E-state index contributed by atoms with van der Waals surface area (Å²) in [5, 5.41) is 2.62. The average Bonchev–Trinajstić information content (AvgIpc) is 2.43. The van der Waals surface area contributed by atoms with Gasteiger partial charge >= 0.3 is 0 Å². The topological polar surface area (TPSA) is 55.1 Å². The minimum atomic E-state index is -0.938. The highest BCUT2D eigenvalue weighted by Gasteiger charge is 2.08. The quantitative estimate of drug-likeness (QED) is 0.842. The van der Waals surface area contributed by atoms with Gasteiger partial charge in [-0.25, -0.2) is 8.78 Å². The van der Waals surface area contributed by atoms with Crippen LogP contribution in [0.2, 0.25) is 0 Å². The van der Waals surface area contributed by atoms with Crippen LogP contribution in [0.1, 0.15) is 15.9 Å². The zero-order valence-electron chi connectivity index (χ0n) is 10.3. The van der Waals surface area contributed by atoms with Crippen molar-refractivity contribution in [3.63, 3.8) is 0 Å². The smallest absolute Gasteiger partial charge is 0.251 e. The van der Waals surface area contributed by atoms with Gasteiger partial charge in [-0.1, -0.05) is 6.07 Å². The molecule has 0 saturated carbocycles. The van der Waals surface area contributed by atoms with Crippen molar-refractivity contribution in [3.8, 4) is 0 Å². The Hall–Kier alpha value is -1.95. The van der Waals surface area contributed by atoms with Gasteiger partial charge in [-0.05, 0) is 51.8 Å². The predicted molar refractivity (Wildman–Crippen MR) is 76.1 cm³/mol. The number of anilines is 1. The molecular weight excluding hydrogens is 330 g/mol. The molecule has 0 heterocycles. The third-order valence-electron chi connectivity index (χ3n) is 2.70. The first kappa shape index (κ1) is 14.5. The first-order chi connectivity index (χ1) is 9.47. The number of nitrogen functional groups attached to an aromatic ring is 1. The van der Waals surface area contributed by atoms with Crippen molar-refractivity contribution in [2.45, 2.75) is 6.54 Å². The lowest BCUT2D eigenvalue weighted by Gasteiger charge is -2.07. The van der Waals surface area contributed by atoms with Crippen LogP contribution in [-0.2, 0) is 6.54 Å². The van der Waals surface area contributed by atoms with Gasteiger partial charge in [0.1, 0.15) is 0 Å². The van der Waals surface area contributed by atoms with E-state index in [1.165, 1.54) is 6.07 Å². The van der Waals surface area contributed by atoms with Gasteiger partial charge in [0.05, 0.1) is 0 Å². The van der Waals surface area contributed by atoms with Gasteiger partial charge in [0.25, 0.3) is 5.91 Å². The SMILES string of the molecule is Nc1ccc(C(=O)NCc2ccc(F)c(F)c2)cc1Br. The van der Waals surface area contributed by atoms with Crippen LogP contribution in [0.15, 0.2) is 40.9 Å². The second kappa shape index (κ2) is 6.00. The van der Waals surface area contributed by atoms with Crippen LogP contribution in [0.25, 0.3) is 0 Å². The Morgan fingerprint density at radius 2 is 1.90 bits per heavy atom. The van der Waals surface area contributed by atoms with Gasteiger partial charge in [0.2, 0.25) is 0 Å². The lowest BCUT2D eigenvalue weighted by atomic mass is 10.1. The van der Waals surface area contributed by atoms with E-state index in [1.807, 2.05) is 0 Å².